The first-order chi connectivity index (χ1) is 8.65. The van der Waals surface area contributed by atoms with Crippen molar-refractivity contribution in [3.05, 3.63) is 35.9 Å². The van der Waals surface area contributed by atoms with Crippen LogP contribution < -0.4 is 10.1 Å². The van der Waals surface area contributed by atoms with Crippen molar-refractivity contribution >= 4 is 5.57 Å². The Balaban J connectivity index is 2.74. The van der Waals surface area contributed by atoms with E-state index in [0.29, 0.717) is 0 Å². The number of benzene rings is 1. The molecule has 0 fully saturated rings. The van der Waals surface area contributed by atoms with Gasteiger partial charge in [0.05, 0.1) is 6.10 Å². The normalized spacial score (nSPS) is 11.9. The lowest BCUT2D eigenvalue weighted by atomic mass is 10.1. The maximum absolute atomic E-state index is 5.84. The molecule has 0 aliphatic heterocycles. The molecule has 0 radical (unpaired) electrons. The van der Waals surface area contributed by atoms with E-state index >= 15 is 0 Å². The topological polar surface area (TPSA) is 21.3 Å². The van der Waals surface area contributed by atoms with E-state index in [4.69, 9.17) is 4.74 Å². The van der Waals surface area contributed by atoms with Crippen LogP contribution in [-0.4, -0.2) is 19.2 Å². The summed E-state index contributed by atoms with van der Waals surface area (Å²) in [6.07, 6.45) is 3.53. The Bertz CT molecular complexity index is 382. The second kappa shape index (κ2) is 7.93. The molecule has 0 bridgehead atoms. The maximum Gasteiger partial charge on any atom is 0.127 e. The first-order valence-electron chi connectivity index (χ1n) is 6.78. The zero-order chi connectivity index (χ0) is 13.4. The van der Waals surface area contributed by atoms with Crippen molar-refractivity contribution in [2.24, 2.45) is 0 Å². The minimum absolute atomic E-state index is 0.209. The zero-order valence-electron chi connectivity index (χ0n) is 12.0. The van der Waals surface area contributed by atoms with Gasteiger partial charge in [-0.1, -0.05) is 31.2 Å². The molecule has 2 heteroatoms. The number of hydrogen-bond acceptors (Lipinski definition) is 2. The summed E-state index contributed by atoms with van der Waals surface area (Å²) < 4.78 is 5.84. The molecule has 0 saturated carbocycles. The van der Waals surface area contributed by atoms with Gasteiger partial charge in [-0.05, 0) is 51.9 Å². The van der Waals surface area contributed by atoms with Crippen molar-refractivity contribution in [1.29, 1.82) is 0 Å². The Morgan fingerprint density at radius 1 is 1.33 bits per heavy atom. The fourth-order valence-corrected chi connectivity index (χ4v) is 1.83. The second-order valence-corrected chi connectivity index (χ2v) is 4.69. The number of rotatable bonds is 7. The average Bonchev–Trinajstić information content (AvgIpc) is 2.34. The molecule has 1 N–H and O–H groups in total. The van der Waals surface area contributed by atoms with Gasteiger partial charge >= 0.3 is 0 Å². The van der Waals surface area contributed by atoms with Crippen molar-refractivity contribution in [2.45, 2.75) is 40.2 Å². The molecule has 0 spiro atoms. The van der Waals surface area contributed by atoms with Gasteiger partial charge in [0.2, 0.25) is 0 Å². The van der Waals surface area contributed by atoms with Crippen LogP contribution in [0.25, 0.3) is 5.57 Å². The lowest BCUT2D eigenvalue weighted by molar-refractivity contribution is 0.242. The van der Waals surface area contributed by atoms with Gasteiger partial charge in [-0.2, -0.15) is 0 Å². The number of para-hydroxylation sites is 1. The highest BCUT2D eigenvalue weighted by Gasteiger charge is 2.05. The Labute approximate surface area is 111 Å². The minimum Gasteiger partial charge on any atom is -0.490 e. The number of ether oxygens (including phenoxy) is 1. The molecule has 1 aromatic carbocycles. The van der Waals surface area contributed by atoms with E-state index in [0.717, 1.165) is 25.3 Å². The highest BCUT2D eigenvalue weighted by atomic mass is 16.5. The third-order valence-corrected chi connectivity index (χ3v) is 2.70. The lowest BCUT2D eigenvalue weighted by Crippen LogP contribution is -2.13. The van der Waals surface area contributed by atoms with Crippen molar-refractivity contribution in [3.63, 3.8) is 0 Å². The Kier molecular flexibility index (Phi) is 6.51. The molecule has 0 aliphatic rings. The van der Waals surface area contributed by atoms with Crippen molar-refractivity contribution in [1.82, 2.24) is 5.32 Å². The lowest BCUT2D eigenvalue weighted by Gasteiger charge is -2.14. The van der Waals surface area contributed by atoms with Crippen LogP contribution in [0.4, 0.5) is 0 Å². The Morgan fingerprint density at radius 2 is 2.06 bits per heavy atom. The smallest absolute Gasteiger partial charge is 0.127 e. The highest BCUT2D eigenvalue weighted by Crippen LogP contribution is 2.26. The summed E-state index contributed by atoms with van der Waals surface area (Å²) in [5.41, 5.74) is 2.48. The van der Waals surface area contributed by atoms with Gasteiger partial charge in [0.15, 0.2) is 0 Å². The Morgan fingerprint density at radius 3 is 2.72 bits per heavy atom. The van der Waals surface area contributed by atoms with Gasteiger partial charge in [0.25, 0.3) is 0 Å². The summed E-state index contributed by atoms with van der Waals surface area (Å²) in [6, 6.07) is 8.24. The van der Waals surface area contributed by atoms with Crippen LogP contribution >= 0.6 is 0 Å². The van der Waals surface area contributed by atoms with Crippen molar-refractivity contribution < 1.29 is 4.74 Å². The molecule has 0 aliphatic carbocycles. The van der Waals surface area contributed by atoms with Crippen molar-refractivity contribution in [3.8, 4) is 5.75 Å². The van der Waals surface area contributed by atoms with Gasteiger partial charge in [0, 0.05) is 5.56 Å². The van der Waals surface area contributed by atoms with Crippen LogP contribution in [0, 0.1) is 0 Å². The van der Waals surface area contributed by atoms with Crippen LogP contribution in [0.5, 0.6) is 5.75 Å². The summed E-state index contributed by atoms with van der Waals surface area (Å²) in [6.45, 7) is 10.4. The molecule has 0 aromatic heterocycles. The van der Waals surface area contributed by atoms with Gasteiger partial charge < -0.3 is 10.1 Å². The fraction of sp³-hybridized carbons (Fsp3) is 0.500. The predicted octanol–water partition coefficient (Wildman–Crippen LogP) is 3.88. The van der Waals surface area contributed by atoms with Crippen LogP contribution in [0.15, 0.2) is 30.3 Å². The standard InChI is InChI=1S/C16H25NO/c1-5-17-12-8-9-14(4)15-10-6-7-11-16(15)18-13(2)3/h6-7,9-11,13,17H,5,8,12H2,1-4H3. The molecule has 0 unspecified atom stereocenters. The number of nitrogens with one attached hydrogen (secondary N) is 1. The van der Waals surface area contributed by atoms with Gasteiger partial charge in [-0.25, -0.2) is 0 Å². The first kappa shape index (κ1) is 14.8. The van der Waals surface area contributed by atoms with E-state index in [1.807, 2.05) is 12.1 Å². The van der Waals surface area contributed by atoms with E-state index in [2.05, 4.69) is 51.2 Å². The quantitative estimate of drug-likeness (QED) is 0.738. The largest absolute Gasteiger partial charge is 0.490 e. The van der Waals surface area contributed by atoms with E-state index in [1.54, 1.807) is 0 Å². The summed E-state index contributed by atoms with van der Waals surface area (Å²) in [5, 5.41) is 3.33. The average molecular weight is 247 g/mol. The van der Waals surface area contributed by atoms with Gasteiger partial charge in [0.1, 0.15) is 5.75 Å². The van der Waals surface area contributed by atoms with Crippen LogP contribution in [0.2, 0.25) is 0 Å². The van der Waals surface area contributed by atoms with E-state index < -0.39 is 0 Å². The van der Waals surface area contributed by atoms with E-state index in [9.17, 15) is 0 Å². The second-order valence-electron chi connectivity index (χ2n) is 4.69. The molecular formula is C16H25NO. The summed E-state index contributed by atoms with van der Waals surface area (Å²) in [4.78, 5) is 0. The minimum atomic E-state index is 0.209. The monoisotopic (exact) mass is 247 g/mol. The molecule has 1 aromatic rings. The third kappa shape index (κ3) is 4.92. The molecule has 18 heavy (non-hydrogen) atoms. The fourth-order valence-electron chi connectivity index (χ4n) is 1.83. The molecule has 0 saturated heterocycles. The molecule has 100 valence electrons. The SMILES string of the molecule is CCNCCC=C(C)c1ccccc1OC(C)C. The summed E-state index contributed by atoms with van der Waals surface area (Å²) in [5.74, 6) is 0.977. The van der Waals surface area contributed by atoms with Crippen LogP contribution in [0.1, 0.15) is 39.7 Å². The number of allylic oxidation sites excluding steroid dienone is 1. The molecule has 0 amide bonds. The first-order valence-corrected chi connectivity index (χ1v) is 6.78. The van der Waals surface area contributed by atoms with Gasteiger partial charge in [-0.3, -0.25) is 0 Å². The molecule has 0 heterocycles. The molecule has 0 atom stereocenters. The third-order valence-electron chi connectivity index (χ3n) is 2.70. The summed E-state index contributed by atoms with van der Waals surface area (Å²) in [7, 11) is 0. The number of hydrogen-bond donors (Lipinski definition) is 1. The maximum atomic E-state index is 5.84. The van der Waals surface area contributed by atoms with E-state index in [-0.39, 0.29) is 6.10 Å². The predicted molar refractivity (Wildman–Crippen MR) is 79.0 cm³/mol. The molecule has 1 rings (SSSR count). The van der Waals surface area contributed by atoms with Crippen LogP contribution in [0.3, 0.4) is 0 Å². The highest BCUT2D eigenvalue weighted by molar-refractivity contribution is 5.68. The zero-order valence-corrected chi connectivity index (χ0v) is 12.0. The van der Waals surface area contributed by atoms with Crippen molar-refractivity contribution in [2.75, 3.05) is 13.1 Å². The van der Waals surface area contributed by atoms with E-state index in [1.165, 1.54) is 11.1 Å². The van der Waals surface area contributed by atoms with Crippen LogP contribution in [-0.2, 0) is 0 Å². The van der Waals surface area contributed by atoms with Gasteiger partial charge in [-0.15, -0.1) is 0 Å². The molecular weight excluding hydrogens is 222 g/mol. The Hall–Kier alpha value is -1.28. The molecule has 2 nitrogen and oxygen atoms in total. The summed E-state index contributed by atoms with van der Waals surface area (Å²) >= 11 is 0.